The van der Waals surface area contributed by atoms with E-state index in [2.05, 4.69) is 15.3 Å². The number of nitrogens with zero attached hydrogens (tertiary/aromatic N) is 4. The Morgan fingerprint density at radius 1 is 1.19 bits per heavy atom. The van der Waals surface area contributed by atoms with E-state index in [-0.39, 0.29) is 18.0 Å². The van der Waals surface area contributed by atoms with Crippen molar-refractivity contribution in [3.05, 3.63) is 81.5 Å². The van der Waals surface area contributed by atoms with E-state index in [0.717, 1.165) is 16.1 Å². The number of benzene rings is 1. The monoisotopic (exact) mass is 467 g/mol. The van der Waals surface area contributed by atoms with Gasteiger partial charge in [-0.3, -0.25) is 14.2 Å². The molecule has 4 aromatic heterocycles. The zero-order valence-electron chi connectivity index (χ0n) is 15.9. The van der Waals surface area contributed by atoms with Crippen LogP contribution in [0.4, 0.5) is 5.69 Å². The number of hydrogen-bond donors (Lipinski definition) is 1. The number of rotatable bonds is 5. The molecule has 7 nitrogen and oxygen atoms in total. The van der Waals surface area contributed by atoms with Gasteiger partial charge in [0.15, 0.2) is 0 Å². The summed E-state index contributed by atoms with van der Waals surface area (Å²) in [5.74, 6) is -0.345. The number of carbonyl (C=O) groups is 1. The lowest BCUT2D eigenvalue weighted by Gasteiger charge is -2.10. The second kappa shape index (κ2) is 8.10. The maximum absolute atomic E-state index is 13.0. The van der Waals surface area contributed by atoms with Gasteiger partial charge in [0.25, 0.3) is 5.56 Å². The third-order valence-corrected chi connectivity index (χ3v) is 6.77. The maximum Gasteiger partial charge on any atom is 0.263 e. The Morgan fingerprint density at radius 3 is 2.84 bits per heavy atom. The molecule has 0 radical (unpaired) electrons. The predicted molar refractivity (Wildman–Crippen MR) is 124 cm³/mol. The van der Waals surface area contributed by atoms with E-state index in [4.69, 9.17) is 11.6 Å². The minimum absolute atomic E-state index is 0.150. The lowest BCUT2D eigenvalue weighted by atomic mass is 10.2. The first-order valence-electron chi connectivity index (χ1n) is 9.18. The van der Waals surface area contributed by atoms with Crippen molar-refractivity contribution in [1.29, 1.82) is 0 Å². The molecule has 5 aromatic rings. The summed E-state index contributed by atoms with van der Waals surface area (Å²) in [6.45, 7) is -0.150. The number of amides is 1. The molecule has 0 saturated carbocycles. The third kappa shape index (κ3) is 3.78. The molecule has 0 fully saturated rings. The summed E-state index contributed by atoms with van der Waals surface area (Å²) >= 11 is 9.33. The Labute approximate surface area is 189 Å². The minimum atomic E-state index is -0.345. The number of anilines is 1. The Balaban J connectivity index is 1.38. The number of fused-ring (bicyclic) bond motifs is 1. The topological polar surface area (TPSA) is 81.8 Å². The smallest absolute Gasteiger partial charge is 0.263 e. The van der Waals surface area contributed by atoms with Crippen molar-refractivity contribution in [3.8, 4) is 16.1 Å². The van der Waals surface area contributed by atoms with E-state index in [1.54, 1.807) is 52.8 Å². The lowest BCUT2D eigenvalue weighted by Crippen LogP contribution is -2.27. The second-order valence-corrected chi connectivity index (χ2v) is 8.88. The highest BCUT2D eigenvalue weighted by Crippen LogP contribution is 2.33. The number of carbonyl (C=O) groups excluding carboxylic acids is 1. The molecule has 1 N–H and O–H groups in total. The van der Waals surface area contributed by atoms with Crippen molar-refractivity contribution < 1.29 is 4.79 Å². The average Bonchev–Trinajstić information content (AvgIpc) is 3.51. The molecule has 1 aromatic carbocycles. The van der Waals surface area contributed by atoms with E-state index >= 15 is 0 Å². The van der Waals surface area contributed by atoms with E-state index in [9.17, 15) is 9.59 Å². The summed E-state index contributed by atoms with van der Waals surface area (Å²) in [6.07, 6.45) is 6.49. The van der Waals surface area contributed by atoms with E-state index < -0.39 is 0 Å². The van der Waals surface area contributed by atoms with Crippen LogP contribution in [0.2, 0.25) is 5.02 Å². The third-order valence-electron chi connectivity index (χ3n) is 4.68. The highest BCUT2D eigenvalue weighted by atomic mass is 35.5. The van der Waals surface area contributed by atoms with Crippen LogP contribution in [-0.4, -0.2) is 25.0 Å². The van der Waals surface area contributed by atoms with Gasteiger partial charge in [0.05, 0.1) is 28.8 Å². The van der Waals surface area contributed by atoms with Gasteiger partial charge in [0.2, 0.25) is 5.91 Å². The van der Waals surface area contributed by atoms with Gasteiger partial charge in [-0.15, -0.1) is 22.7 Å². The zero-order chi connectivity index (χ0) is 21.4. The number of nitrogens with one attached hydrogen (secondary N) is 1. The molecule has 0 atom stereocenters. The molecular formula is C21H14ClN5O2S2. The zero-order valence-corrected chi connectivity index (χ0v) is 18.2. The van der Waals surface area contributed by atoms with Crippen molar-refractivity contribution in [3.63, 3.8) is 0 Å². The molecule has 0 spiro atoms. The highest BCUT2D eigenvalue weighted by Gasteiger charge is 2.15. The normalized spacial score (nSPS) is 11.1. The first kappa shape index (κ1) is 19.7. The molecule has 1 amide bonds. The van der Waals surface area contributed by atoms with Crippen LogP contribution in [-0.2, 0) is 11.3 Å². The van der Waals surface area contributed by atoms with Crippen LogP contribution in [0.15, 0.2) is 70.9 Å². The van der Waals surface area contributed by atoms with Crippen molar-refractivity contribution in [2.45, 2.75) is 6.54 Å². The Kier molecular flexibility index (Phi) is 5.14. The van der Waals surface area contributed by atoms with Crippen molar-refractivity contribution in [1.82, 2.24) is 19.1 Å². The summed E-state index contributed by atoms with van der Waals surface area (Å²) < 4.78 is 3.10. The van der Waals surface area contributed by atoms with Crippen LogP contribution in [0.25, 0.3) is 26.3 Å². The number of thiophene rings is 2. The predicted octanol–water partition coefficient (Wildman–Crippen LogP) is 4.66. The molecule has 154 valence electrons. The number of halogens is 1. The summed E-state index contributed by atoms with van der Waals surface area (Å²) in [5.41, 5.74) is 1.90. The molecule has 0 saturated heterocycles. The second-order valence-electron chi connectivity index (χ2n) is 6.67. The van der Waals surface area contributed by atoms with E-state index in [0.29, 0.717) is 20.9 Å². The lowest BCUT2D eigenvalue weighted by molar-refractivity contribution is -0.116. The molecule has 0 unspecified atom stereocenters. The van der Waals surface area contributed by atoms with Crippen LogP contribution in [0.1, 0.15) is 0 Å². The standard InChI is InChI=1S/C21H14ClN5O2S2/c22-15-8-13(3-4-16(15)26-6-5-23-11-26)25-18(28)9-27-12-24-20-19(21(27)29)14(10-31-20)17-2-1-7-30-17/h1-8,10-12H,9H2,(H,25,28). The highest BCUT2D eigenvalue weighted by molar-refractivity contribution is 7.18. The molecule has 0 bridgehead atoms. The van der Waals surface area contributed by atoms with E-state index in [1.807, 2.05) is 22.9 Å². The van der Waals surface area contributed by atoms with Gasteiger partial charge >= 0.3 is 0 Å². The van der Waals surface area contributed by atoms with Crippen LogP contribution in [0.3, 0.4) is 0 Å². The van der Waals surface area contributed by atoms with E-state index in [1.165, 1.54) is 22.2 Å². The maximum atomic E-state index is 13.0. The molecule has 4 heterocycles. The first-order chi connectivity index (χ1) is 15.1. The molecular weight excluding hydrogens is 454 g/mol. The number of imidazole rings is 1. The molecule has 10 heteroatoms. The minimum Gasteiger partial charge on any atom is -0.324 e. The molecule has 0 aliphatic heterocycles. The summed E-state index contributed by atoms with van der Waals surface area (Å²) in [7, 11) is 0. The van der Waals surface area contributed by atoms with Crippen molar-refractivity contribution in [2.24, 2.45) is 0 Å². The summed E-state index contributed by atoms with van der Waals surface area (Å²) in [6, 6.07) is 9.10. The van der Waals surface area contributed by atoms with Gasteiger partial charge in [0.1, 0.15) is 11.4 Å². The quantitative estimate of drug-likeness (QED) is 0.407. The van der Waals surface area contributed by atoms with Crippen LogP contribution >= 0.6 is 34.3 Å². The fraction of sp³-hybridized carbons (Fsp3) is 0.0476. The number of aromatic nitrogens is 4. The SMILES string of the molecule is O=C(Cn1cnc2scc(-c3cccs3)c2c1=O)Nc1ccc(-n2ccnc2)c(Cl)c1. The Hall–Kier alpha value is -3.27. The van der Waals surface area contributed by atoms with Crippen LogP contribution < -0.4 is 10.9 Å². The number of hydrogen-bond acceptors (Lipinski definition) is 6. The van der Waals surface area contributed by atoms with Gasteiger partial charge in [-0.05, 0) is 29.6 Å². The van der Waals surface area contributed by atoms with Gasteiger partial charge in [-0.1, -0.05) is 17.7 Å². The van der Waals surface area contributed by atoms with Crippen molar-refractivity contribution in [2.75, 3.05) is 5.32 Å². The summed E-state index contributed by atoms with van der Waals surface area (Å²) in [5, 5.41) is 7.68. The van der Waals surface area contributed by atoms with Gasteiger partial charge in [0, 0.05) is 33.9 Å². The van der Waals surface area contributed by atoms with Crippen LogP contribution in [0.5, 0.6) is 0 Å². The van der Waals surface area contributed by atoms with Gasteiger partial charge in [-0.25, -0.2) is 9.97 Å². The Bertz CT molecular complexity index is 1440. The molecule has 5 rings (SSSR count). The average molecular weight is 468 g/mol. The largest absolute Gasteiger partial charge is 0.324 e. The van der Waals surface area contributed by atoms with Crippen LogP contribution in [0, 0.1) is 0 Å². The fourth-order valence-corrected chi connectivity index (χ4v) is 5.24. The van der Waals surface area contributed by atoms with Gasteiger partial charge < -0.3 is 9.88 Å². The Morgan fingerprint density at radius 2 is 2.10 bits per heavy atom. The molecule has 0 aliphatic rings. The molecule has 0 aliphatic carbocycles. The van der Waals surface area contributed by atoms with Gasteiger partial charge in [-0.2, -0.15) is 0 Å². The fourth-order valence-electron chi connectivity index (χ4n) is 3.24. The van der Waals surface area contributed by atoms with Crippen molar-refractivity contribution >= 4 is 56.1 Å². The summed E-state index contributed by atoms with van der Waals surface area (Å²) in [4.78, 5) is 35.7. The first-order valence-corrected chi connectivity index (χ1v) is 11.3. The molecule has 31 heavy (non-hydrogen) atoms.